The number of rotatable bonds is 5. The van der Waals surface area contributed by atoms with E-state index >= 15 is 0 Å². The third kappa shape index (κ3) is 4.50. The molecular formula is C21H20N4O3. The lowest BCUT2D eigenvalue weighted by Crippen LogP contribution is -2.17. The number of anilines is 3. The molecule has 0 aliphatic heterocycles. The first-order chi connectivity index (χ1) is 13.5. The third-order valence-electron chi connectivity index (χ3n) is 3.97. The Balaban J connectivity index is 1.73. The summed E-state index contributed by atoms with van der Waals surface area (Å²) in [7, 11) is 1.29. The summed E-state index contributed by atoms with van der Waals surface area (Å²) in [5.74, 6) is -0.478. The van der Waals surface area contributed by atoms with E-state index in [1.807, 2.05) is 26.0 Å². The standard InChI is InChI=1S/C21H20N4O3/c1-13-10-14(2)12-15(11-13)22-19-9-8-18(24-25-19)20(26)23-17-7-5-4-6-16(17)21(27)28-3/h4-12H,1-3H3,(H,22,25)(H,23,26). The van der Waals surface area contributed by atoms with Gasteiger partial charge in [0.2, 0.25) is 0 Å². The number of carbonyl (C=O) groups is 2. The van der Waals surface area contributed by atoms with Crippen molar-refractivity contribution >= 4 is 29.1 Å². The average Bonchev–Trinajstić information content (AvgIpc) is 2.67. The Kier molecular flexibility index (Phi) is 5.64. The maximum atomic E-state index is 12.5. The molecule has 0 spiro atoms. The lowest BCUT2D eigenvalue weighted by molar-refractivity contribution is 0.0602. The number of hydrogen-bond donors (Lipinski definition) is 2. The van der Waals surface area contributed by atoms with Crippen molar-refractivity contribution in [1.82, 2.24) is 10.2 Å². The highest BCUT2D eigenvalue weighted by Crippen LogP contribution is 2.19. The van der Waals surface area contributed by atoms with Crippen LogP contribution in [0.5, 0.6) is 0 Å². The topological polar surface area (TPSA) is 93.2 Å². The van der Waals surface area contributed by atoms with Gasteiger partial charge in [-0.15, -0.1) is 10.2 Å². The van der Waals surface area contributed by atoms with Crippen molar-refractivity contribution in [2.45, 2.75) is 13.8 Å². The number of nitrogens with one attached hydrogen (secondary N) is 2. The predicted molar refractivity (Wildman–Crippen MR) is 107 cm³/mol. The number of aromatic nitrogens is 2. The zero-order valence-corrected chi connectivity index (χ0v) is 15.8. The molecule has 0 bridgehead atoms. The Morgan fingerprint density at radius 3 is 2.29 bits per heavy atom. The van der Waals surface area contributed by atoms with Crippen LogP contribution in [0.4, 0.5) is 17.2 Å². The second-order valence-electron chi connectivity index (χ2n) is 6.30. The van der Waals surface area contributed by atoms with Gasteiger partial charge in [0.1, 0.15) is 0 Å². The second kappa shape index (κ2) is 8.30. The number of para-hydroxylation sites is 1. The lowest BCUT2D eigenvalue weighted by atomic mass is 10.1. The molecule has 0 saturated carbocycles. The SMILES string of the molecule is COC(=O)c1ccccc1NC(=O)c1ccc(Nc2cc(C)cc(C)c2)nn1. The Morgan fingerprint density at radius 1 is 0.929 bits per heavy atom. The molecule has 28 heavy (non-hydrogen) atoms. The first-order valence-corrected chi connectivity index (χ1v) is 8.64. The largest absolute Gasteiger partial charge is 0.465 e. The van der Waals surface area contributed by atoms with Gasteiger partial charge in [0.05, 0.1) is 18.4 Å². The molecule has 142 valence electrons. The minimum absolute atomic E-state index is 0.130. The zero-order valence-electron chi connectivity index (χ0n) is 15.8. The van der Waals surface area contributed by atoms with Crippen molar-refractivity contribution in [1.29, 1.82) is 0 Å². The monoisotopic (exact) mass is 376 g/mol. The fraction of sp³-hybridized carbons (Fsp3) is 0.143. The molecule has 0 atom stereocenters. The molecule has 0 aliphatic rings. The van der Waals surface area contributed by atoms with E-state index in [9.17, 15) is 9.59 Å². The van der Waals surface area contributed by atoms with Crippen LogP contribution >= 0.6 is 0 Å². The van der Waals surface area contributed by atoms with E-state index in [1.165, 1.54) is 7.11 Å². The Labute approximate surface area is 162 Å². The molecule has 2 aromatic carbocycles. The predicted octanol–water partition coefficient (Wildman–Crippen LogP) is 3.88. The fourth-order valence-corrected chi connectivity index (χ4v) is 2.78. The molecule has 7 heteroatoms. The summed E-state index contributed by atoms with van der Waals surface area (Å²) in [6, 6.07) is 15.9. The molecule has 7 nitrogen and oxygen atoms in total. The molecule has 3 aromatic rings. The molecule has 0 unspecified atom stereocenters. The Bertz CT molecular complexity index is 996. The Hall–Kier alpha value is -3.74. The van der Waals surface area contributed by atoms with E-state index in [4.69, 9.17) is 4.74 Å². The normalized spacial score (nSPS) is 10.2. The van der Waals surface area contributed by atoms with Crippen LogP contribution < -0.4 is 10.6 Å². The van der Waals surface area contributed by atoms with Crippen LogP contribution in [0.15, 0.2) is 54.6 Å². The van der Waals surface area contributed by atoms with Crippen LogP contribution in [-0.4, -0.2) is 29.2 Å². The van der Waals surface area contributed by atoms with Gasteiger partial charge in [-0.25, -0.2) is 4.79 Å². The number of hydrogen-bond acceptors (Lipinski definition) is 6. The van der Waals surface area contributed by atoms with E-state index in [0.29, 0.717) is 11.5 Å². The molecule has 1 heterocycles. The van der Waals surface area contributed by atoms with Crippen molar-refractivity contribution in [3.8, 4) is 0 Å². The van der Waals surface area contributed by atoms with Crippen LogP contribution in [0, 0.1) is 13.8 Å². The third-order valence-corrected chi connectivity index (χ3v) is 3.97. The number of esters is 1. The maximum Gasteiger partial charge on any atom is 0.339 e. The van der Waals surface area contributed by atoms with Crippen LogP contribution in [0.1, 0.15) is 32.0 Å². The fourth-order valence-electron chi connectivity index (χ4n) is 2.78. The number of nitrogens with zero attached hydrogens (tertiary/aromatic N) is 2. The van der Waals surface area contributed by atoms with Gasteiger partial charge in [-0.3, -0.25) is 4.79 Å². The van der Waals surface area contributed by atoms with E-state index in [1.54, 1.807) is 36.4 Å². The summed E-state index contributed by atoms with van der Waals surface area (Å²) < 4.78 is 4.73. The highest BCUT2D eigenvalue weighted by atomic mass is 16.5. The molecule has 2 N–H and O–H groups in total. The summed E-state index contributed by atoms with van der Waals surface area (Å²) >= 11 is 0. The van der Waals surface area contributed by atoms with Crippen molar-refractivity contribution in [2.75, 3.05) is 17.7 Å². The molecule has 1 amide bonds. The Morgan fingerprint density at radius 2 is 1.64 bits per heavy atom. The molecule has 1 aromatic heterocycles. The highest BCUT2D eigenvalue weighted by Gasteiger charge is 2.15. The summed E-state index contributed by atoms with van der Waals surface area (Å²) in [6.45, 7) is 4.03. The van der Waals surface area contributed by atoms with Gasteiger partial charge in [-0.1, -0.05) is 18.2 Å². The maximum absolute atomic E-state index is 12.5. The second-order valence-corrected chi connectivity index (χ2v) is 6.30. The number of carbonyl (C=O) groups excluding carboxylic acids is 2. The number of benzene rings is 2. The minimum atomic E-state index is -0.532. The van der Waals surface area contributed by atoms with Crippen LogP contribution in [0.3, 0.4) is 0 Å². The molecule has 3 rings (SSSR count). The summed E-state index contributed by atoms with van der Waals surface area (Å²) in [4.78, 5) is 24.3. The summed E-state index contributed by atoms with van der Waals surface area (Å²) in [5.41, 5.74) is 3.91. The number of ether oxygens (including phenoxy) is 1. The quantitative estimate of drug-likeness (QED) is 0.657. The van der Waals surface area contributed by atoms with Crippen molar-refractivity contribution in [3.63, 3.8) is 0 Å². The van der Waals surface area contributed by atoms with Crippen LogP contribution in [0.2, 0.25) is 0 Å². The smallest absolute Gasteiger partial charge is 0.339 e. The lowest BCUT2D eigenvalue weighted by Gasteiger charge is -2.10. The van der Waals surface area contributed by atoms with E-state index in [0.717, 1.165) is 16.8 Å². The van der Waals surface area contributed by atoms with Crippen LogP contribution in [-0.2, 0) is 4.74 Å². The summed E-state index contributed by atoms with van der Waals surface area (Å²) in [6.07, 6.45) is 0. The average molecular weight is 376 g/mol. The van der Waals surface area contributed by atoms with Crippen LogP contribution in [0.25, 0.3) is 0 Å². The minimum Gasteiger partial charge on any atom is -0.465 e. The van der Waals surface area contributed by atoms with Gasteiger partial charge in [0, 0.05) is 5.69 Å². The zero-order chi connectivity index (χ0) is 20.1. The van der Waals surface area contributed by atoms with Gasteiger partial charge < -0.3 is 15.4 Å². The van der Waals surface area contributed by atoms with E-state index in [-0.39, 0.29) is 11.3 Å². The highest BCUT2D eigenvalue weighted by molar-refractivity contribution is 6.07. The molecule has 0 aliphatic carbocycles. The van der Waals surface area contributed by atoms with E-state index in [2.05, 4.69) is 26.9 Å². The van der Waals surface area contributed by atoms with Gasteiger partial charge >= 0.3 is 5.97 Å². The first-order valence-electron chi connectivity index (χ1n) is 8.64. The van der Waals surface area contributed by atoms with Gasteiger partial charge in [0.25, 0.3) is 5.91 Å². The first kappa shape index (κ1) is 19.0. The van der Waals surface area contributed by atoms with Gasteiger partial charge in [0.15, 0.2) is 11.5 Å². The van der Waals surface area contributed by atoms with Crippen molar-refractivity contribution in [3.05, 3.63) is 77.0 Å². The van der Waals surface area contributed by atoms with E-state index < -0.39 is 11.9 Å². The van der Waals surface area contributed by atoms with Gasteiger partial charge in [-0.2, -0.15) is 0 Å². The molecular weight excluding hydrogens is 356 g/mol. The van der Waals surface area contributed by atoms with Crippen molar-refractivity contribution < 1.29 is 14.3 Å². The number of aryl methyl sites for hydroxylation is 2. The van der Waals surface area contributed by atoms with Gasteiger partial charge in [-0.05, 0) is 61.4 Å². The molecule has 0 saturated heterocycles. The van der Waals surface area contributed by atoms with Crippen molar-refractivity contribution in [2.24, 2.45) is 0 Å². The number of amides is 1. The summed E-state index contributed by atoms with van der Waals surface area (Å²) in [5, 5.41) is 13.9. The molecule has 0 radical (unpaired) electrons. The number of methoxy groups -OCH3 is 1. The molecule has 0 fully saturated rings.